The number of rotatable bonds is 4. The highest BCUT2D eigenvalue weighted by Crippen LogP contribution is 2.56. The van der Waals surface area contributed by atoms with Crippen LogP contribution in [-0.2, 0) is 6.42 Å². The second kappa shape index (κ2) is 8.06. The molecular formula is C24H24F4N2O3. The smallest absolute Gasteiger partial charge is 0.419 e. The zero-order chi connectivity index (χ0) is 24.1. The Kier molecular flexibility index (Phi) is 5.64. The molecule has 0 aliphatic heterocycles. The van der Waals surface area contributed by atoms with Gasteiger partial charge in [0.05, 0.1) is 11.6 Å². The van der Waals surface area contributed by atoms with Crippen LogP contribution in [0, 0.1) is 5.82 Å². The van der Waals surface area contributed by atoms with Crippen molar-refractivity contribution < 1.29 is 27.8 Å². The second-order valence-electron chi connectivity index (χ2n) is 8.44. The van der Waals surface area contributed by atoms with Crippen LogP contribution in [0.4, 0.5) is 23.2 Å². The number of aromatic hydroxyl groups is 1. The molecule has 3 atom stereocenters. The summed E-state index contributed by atoms with van der Waals surface area (Å²) in [6, 6.07) is 6.54. The fourth-order valence-electron chi connectivity index (χ4n) is 4.86. The molecule has 1 aliphatic carbocycles. The van der Waals surface area contributed by atoms with Gasteiger partial charge in [-0.25, -0.2) is 4.39 Å². The van der Waals surface area contributed by atoms with E-state index >= 15 is 0 Å². The monoisotopic (exact) mass is 464 g/mol. The number of fused-ring (bicyclic) bond motifs is 2. The van der Waals surface area contributed by atoms with Gasteiger partial charge in [-0.05, 0) is 55.0 Å². The molecule has 0 spiro atoms. The van der Waals surface area contributed by atoms with Gasteiger partial charge < -0.3 is 20.5 Å². The molecule has 0 radical (unpaired) electrons. The molecule has 1 heterocycles. The van der Waals surface area contributed by atoms with E-state index in [9.17, 15) is 32.6 Å². The number of benzene rings is 2. The van der Waals surface area contributed by atoms with Gasteiger partial charge in [0.15, 0.2) is 5.60 Å². The van der Waals surface area contributed by atoms with Crippen LogP contribution in [0.25, 0.3) is 10.9 Å². The Labute approximate surface area is 187 Å². The molecule has 33 heavy (non-hydrogen) atoms. The van der Waals surface area contributed by atoms with E-state index < -0.39 is 36.0 Å². The molecule has 0 fully saturated rings. The molecule has 9 heteroatoms. The zero-order valence-corrected chi connectivity index (χ0v) is 18.1. The Morgan fingerprint density at radius 2 is 1.94 bits per heavy atom. The molecule has 0 unspecified atom stereocenters. The molecule has 1 aromatic heterocycles. The predicted molar refractivity (Wildman–Crippen MR) is 117 cm³/mol. The van der Waals surface area contributed by atoms with Gasteiger partial charge in [-0.3, -0.25) is 4.79 Å². The van der Waals surface area contributed by atoms with Crippen LogP contribution in [0.5, 0.6) is 5.75 Å². The van der Waals surface area contributed by atoms with Crippen molar-refractivity contribution in [3.8, 4) is 5.75 Å². The largest absolute Gasteiger partial charge is 0.507 e. The van der Waals surface area contributed by atoms with Crippen molar-refractivity contribution in [3.05, 3.63) is 69.3 Å². The maximum atomic E-state index is 14.8. The maximum absolute atomic E-state index is 14.8. The molecular weight excluding hydrogens is 440 g/mol. The van der Waals surface area contributed by atoms with Crippen molar-refractivity contribution in [1.29, 1.82) is 0 Å². The summed E-state index contributed by atoms with van der Waals surface area (Å²) in [5.41, 5.74) is -2.88. The average Bonchev–Trinajstić information content (AvgIpc) is 2.74. The summed E-state index contributed by atoms with van der Waals surface area (Å²) < 4.78 is 57.7. The van der Waals surface area contributed by atoms with Crippen LogP contribution in [0.2, 0.25) is 0 Å². The lowest BCUT2D eigenvalue weighted by atomic mass is 9.68. The summed E-state index contributed by atoms with van der Waals surface area (Å²) in [6.45, 7) is 3.31. The van der Waals surface area contributed by atoms with Gasteiger partial charge in [-0.1, -0.05) is 19.9 Å². The van der Waals surface area contributed by atoms with Crippen LogP contribution >= 0.6 is 0 Å². The van der Waals surface area contributed by atoms with Crippen LogP contribution in [-0.4, -0.2) is 27.0 Å². The van der Waals surface area contributed by atoms with Crippen LogP contribution < -0.4 is 10.9 Å². The van der Waals surface area contributed by atoms with Gasteiger partial charge in [0.1, 0.15) is 11.6 Å². The molecule has 176 valence electrons. The van der Waals surface area contributed by atoms with Crippen molar-refractivity contribution in [2.75, 3.05) is 5.32 Å². The molecule has 0 saturated carbocycles. The minimum Gasteiger partial charge on any atom is -0.507 e. The van der Waals surface area contributed by atoms with Gasteiger partial charge in [0, 0.05) is 28.3 Å². The first-order valence-electron chi connectivity index (χ1n) is 10.7. The quantitative estimate of drug-likeness (QED) is 0.396. The van der Waals surface area contributed by atoms with Gasteiger partial charge in [0.2, 0.25) is 5.56 Å². The van der Waals surface area contributed by atoms with Gasteiger partial charge in [-0.15, -0.1) is 0 Å². The van der Waals surface area contributed by atoms with Crippen LogP contribution in [0.15, 0.2) is 41.2 Å². The van der Waals surface area contributed by atoms with Gasteiger partial charge in [0.25, 0.3) is 0 Å². The number of hydrogen-bond acceptors (Lipinski definition) is 4. The first-order chi connectivity index (χ1) is 15.5. The van der Waals surface area contributed by atoms with Crippen molar-refractivity contribution >= 4 is 16.6 Å². The van der Waals surface area contributed by atoms with Crippen molar-refractivity contribution in [2.24, 2.45) is 0 Å². The molecule has 4 rings (SSSR count). The summed E-state index contributed by atoms with van der Waals surface area (Å²) in [7, 11) is 0. The summed E-state index contributed by atoms with van der Waals surface area (Å²) in [6.07, 6.45) is -5.35. The minimum absolute atomic E-state index is 0.0335. The van der Waals surface area contributed by atoms with Crippen LogP contribution in [0.1, 0.15) is 55.3 Å². The summed E-state index contributed by atoms with van der Waals surface area (Å²) in [4.78, 5) is 14.3. The number of H-pyrrole nitrogens is 1. The lowest BCUT2D eigenvalue weighted by Gasteiger charge is -2.46. The summed E-state index contributed by atoms with van der Waals surface area (Å²) in [5, 5.41) is 25.0. The Morgan fingerprint density at radius 3 is 2.58 bits per heavy atom. The molecule has 2 aromatic carbocycles. The number of aliphatic hydroxyl groups is 1. The molecule has 0 bridgehead atoms. The average molecular weight is 464 g/mol. The first kappa shape index (κ1) is 23.1. The summed E-state index contributed by atoms with van der Waals surface area (Å²) in [5.74, 6) is -2.01. The Balaban J connectivity index is 1.97. The fourth-order valence-corrected chi connectivity index (χ4v) is 4.86. The van der Waals surface area contributed by atoms with E-state index in [-0.39, 0.29) is 46.5 Å². The lowest BCUT2D eigenvalue weighted by molar-refractivity contribution is -0.272. The Hall–Kier alpha value is -3.07. The van der Waals surface area contributed by atoms with Crippen molar-refractivity contribution in [3.63, 3.8) is 0 Å². The number of phenolic OH excluding ortho intramolecular Hbond substituents is 1. The van der Waals surface area contributed by atoms with E-state index in [0.29, 0.717) is 10.9 Å². The summed E-state index contributed by atoms with van der Waals surface area (Å²) >= 11 is 0. The Morgan fingerprint density at radius 1 is 1.21 bits per heavy atom. The standard InChI is InChI=1S/C24H24F4N2O3/c1-3-12-11-23(33,24(26,27)28)22(15-10-16(25)13(4-2)21(32)20(12)15)30-18-7-5-6-17-14(18)8-9-19(31)29-17/h5-10,12,22,30,32-33H,3-4,11H2,1-2H3,(H,29,31)/t12-,22-,23+/m0/s1. The third-order valence-electron chi connectivity index (χ3n) is 6.58. The van der Waals surface area contributed by atoms with E-state index in [1.165, 1.54) is 18.2 Å². The first-order valence-corrected chi connectivity index (χ1v) is 10.7. The normalized spacial score (nSPS) is 22.9. The van der Waals surface area contributed by atoms with E-state index in [1.54, 1.807) is 26.0 Å². The van der Waals surface area contributed by atoms with E-state index in [2.05, 4.69) is 10.3 Å². The number of anilines is 1. The highest BCUT2D eigenvalue weighted by molar-refractivity contribution is 5.91. The van der Waals surface area contributed by atoms with Crippen LogP contribution in [0.3, 0.4) is 0 Å². The molecule has 5 nitrogen and oxygen atoms in total. The molecule has 0 amide bonds. The highest BCUT2D eigenvalue weighted by Gasteiger charge is 2.62. The SMILES string of the molecule is CCc1c(F)cc2c(c1O)[C@@H](CC)C[C@](O)(C(F)(F)F)[C@H]2Nc1cccc2[nH]c(=O)ccc12. The number of pyridine rings is 1. The molecule has 1 aliphatic rings. The maximum Gasteiger partial charge on any atom is 0.419 e. The van der Waals surface area contributed by atoms with E-state index in [1.807, 2.05) is 0 Å². The highest BCUT2D eigenvalue weighted by atomic mass is 19.4. The van der Waals surface area contributed by atoms with Crippen molar-refractivity contribution in [1.82, 2.24) is 4.98 Å². The number of aromatic nitrogens is 1. The predicted octanol–water partition coefficient (Wildman–Crippen LogP) is 5.28. The number of aromatic amines is 1. The number of halogens is 4. The zero-order valence-electron chi connectivity index (χ0n) is 18.1. The molecule has 3 aromatic rings. The number of nitrogens with one attached hydrogen (secondary N) is 2. The minimum atomic E-state index is -5.04. The molecule has 4 N–H and O–H groups in total. The number of alkyl halides is 3. The third-order valence-corrected chi connectivity index (χ3v) is 6.58. The number of phenols is 1. The van der Waals surface area contributed by atoms with E-state index in [0.717, 1.165) is 6.07 Å². The topological polar surface area (TPSA) is 85.3 Å². The van der Waals surface area contributed by atoms with Gasteiger partial charge >= 0.3 is 6.18 Å². The third kappa shape index (κ3) is 3.64. The Bertz CT molecular complexity index is 1270. The van der Waals surface area contributed by atoms with Crippen molar-refractivity contribution in [2.45, 2.75) is 56.8 Å². The second-order valence-corrected chi connectivity index (χ2v) is 8.44. The van der Waals surface area contributed by atoms with E-state index in [4.69, 9.17) is 0 Å². The lowest BCUT2D eigenvalue weighted by Crippen LogP contribution is -2.55. The van der Waals surface area contributed by atoms with Gasteiger partial charge in [-0.2, -0.15) is 13.2 Å². The fraction of sp³-hybridized carbons (Fsp3) is 0.375. The molecule has 0 saturated heterocycles. The number of hydrogen-bond donors (Lipinski definition) is 4.